The van der Waals surface area contributed by atoms with Crippen LogP contribution in [0.25, 0.3) is 11.3 Å². The van der Waals surface area contributed by atoms with Crippen LogP contribution in [0.3, 0.4) is 0 Å². The molecule has 1 aliphatic rings. The monoisotopic (exact) mass is 329 g/mol. The fourth-order valence-corrected chi connectivity index (χ4v) is 3.49. The second kappa shape index (κ2) is 6.69. The number of hydrogen-bond donors (Lipinski definition) is 2. The molecule has 3 N–H and O–H groups in total. The van der Waals surface area contributed by atoms with Crippen molar-refractivity contribution in [2.45, 2.75) is 31.8 Å². The zero-order valence-electron chi connectivity index (χ0n) is 14.4. The van der Waals surface area contributed by atoms with Crippen LogP contribution < -0.4 is 11.1 Å². The van der Waals surface area contributed by atoms with E-state index in [1.165, 1.54) is 17.7 Å². The summed E-state index contributed by atoms with van der Waals surface area (Å²) in [4.78, 5) is 4.89. The van der Waals surface area contributed by atoms with Crippen molar-refractivity contribution in [3.63, 3.8) is 0 Å². The molecule has 3 aromatic rings. The van der Waals surface area contributed by atoms with Crippen molar-refractivity contribution in [3.05, 3.63) is 83.6 Å². The van der Waals surface area contributed by atoms with Gasteiger partial charge in [-0.25, -0.2) is 0 Å². The fraction of sp³-hybridized carbons (Fsp3) is 0.227. The third-order valence-corrected chi connectivity index (χ3v) is 4.91. The molecule has 4 rings (SSSR count). The van der Waals surface area contributed by atoms with Crippen LogP contribution in [-0.2, 0) is 6.42 Å². The van der Waals surface area contributed by atoms with Crippen molar-refractivity contribution in [1.29, 1.82) is 0 Å². The molecule has 0 spiro atoms. The first-order valence-electron chi connectivity index (χ1n) is 8.88. The highest BCUT2D eigenvalue weighted by atomic mass is 14.9. The van der Waals surface area contributed by atoms with Gasteiger partial charge in [-0.3, -0.25) is 4.98 Å². The van der Waals surface area contributed by atoms with E-state index in [1.54, 1.807) is 0 Å². The number of nitrogens with zero attached hydrogens (tertiary/aromatic N) is 1. The molecule has 0 radical (unpaired) electrons. The lowest BCUT2D eigenvalue weighted by Gasteiger charge is -2.26. The molecule has 0 fully saturated rings. The van der Waals surface area contributed by atoms with E-state index < -0.39 is 0 Å². The van der Waals surface area contributed by atoms with Crippen LogP contribution in [0.4, 0.5) is 5.69 Å². The van der Waals surface area contributed by atoms with E-state index in [1.807, 2.05) is 42.5 Å². The highest BCUT2D eigenvalue weighted by Crippen LogP contribution is 2.35. The summed E-state index contributed by atoms with van der Waals surface area (Å²) in [7, 11) is 0. The Morgan fingerprint density at radius 2 is 1.80 bits per heavy atom. The molecule has 2 unspecified atom stereocenters. The molecule has 1 aliphatic heterocycles. The van der Waals surface area contributed by atoms with E-state index in [0.29, 0.717) is 6.04 Å². The van der Waals surface area contributed by atoms with Gasteiger partial charge in [0.1, 0.15) is 0 Å². The number of benzene rings is 2. The second-order valence-electron chi connectivity index (χ2n) is 6.76. The van der Waals surface area contributed by atoms with Gasteiger partial charge >= 0.3 is 0 Å². The Hall–Kier alpha value is -2.65. The van der Waals surface area contributed by atoms with E-state index >= 15 is 0 Å². The Morgan fingerprint density at radius 3 is 2.64 bits per heavy atom. The van der Waals surface area contributed by atoms with Crippen molar-refractivity contribution in [2.75, 3.05) is 5.32 Å². The summed E-state index contributed by atoms with van der Waals surface area (Å²) < 4.78 is 0. The topological polar surface area (TPSA) is 50.9 Å². The number of hydrogen-bond acceptors (Lipinski definition) is 3. The average molecular weight is 329 g/mol. The first kappa shape index (κ1) is 15.9. The van der Waals surface area contributed by atoms with E-state index in [9.17, 15) is 0 Å². The van der Waals surface area contributed by atoms with E-state index in [2.05, 4.69) is 36.5 Å². The number of fused-ring (bicyclic) bond motifs is 1. The van der Waals surface area contributed by atoms with Gasteiger partial charge in [0.05, 0.1) is 17.4 Å². The minimum atomic E-state index is -0.215. The Balaban J connectivity index is 1.74. The van der Waals surface area contributed by atoms with Crippen LogP contribution in [0.2, 0.25) is 0 Å². The Labute approximate surface area is 148 Å². The SMILES string of the molecule is CC1CCc2cccc(-c3cccc(C(N)c4ccccc4)n3)c2N1. The zero-order valence-corrected chi connectivity index (χ0v) is 14.4. The molecule has 0 saturated heterocycles. The minimum absolute atomic E-state index is 0.215. The van der Waals surface area contributed by atoms with E-state index in [-0.39, 0.29) is 6.04 Å². The molecule has 25 heavy (non-hydrogen) atoms. The molecule has 0 amide bonds. The molecule has 1 aromatic heterocycles. The number of para-hydroxylation sites is 1. The predicted octanol–water partition coefficient (Wildman–Crippen LogP) is 4.54. The van der Waals surface area contributed by atoms with Crippen LogP contribution in [0.5, 0.6) is 0 Å². The number of anilines is 1. The second-order valence-corrected chi connectivity index (χ2v) is 6.76. The third kappa shape index (κ3) is 3.15. The summed E-state index contributed by atoms with van der Waals surface area (Å²) in [5.74, 6) is 0. The van der Waals surface area contributed by atoms with Crippen molar-refractivity contribution in [3.8, 4) is 11.3 Å². The standard InChI is InChI=1S/C22H23N3/c1-15-13-14-17-9-5-10-18(22(17)24-15)19-11-6-12-20(25-19)21(23)16-7-3-2-4-8-16/h2-12,15,21,24H,13-14,23H2,1H3. The Kier molecular flexibility index (Phi) is 4.24. The lowest BCUT2D eigenvalue weighted by molar-refractivity contribution is 0.681. The largest absolute Gasteiger partial charge is 0.382 e. The number of nitrogens with two attached hydrogens (primary N) is 1. The zero-order chi connectivity index (χ0) is 17.2. The lowest BCUT2D eigenvalue weighted by atomic mass is 9.94. The maximum absolute atomic E-state index is 6.45. The van der Waals surface area contributed by atoms with Gasteiger partial charge in [-0.15, -0.1) is 0 Å². The highest BCUT2D eigenvalue weighted by molar-refractivity contribution is 5.79. The smallest absolute Gasteiger partial charge is 0.0727 e. The highest BCUT2D eigenvalue weighted by Gasteiger charge is 2.19. The lowest BCUT2D eigenvalue weighted by Crippen LogP contribution is -2.22. The first-order valence-corrected chi connectivity index (χ1v) is 8.88. The normalized spacial score (nSPS) is 17.4. The van der Waals surface area contributed by atoms with Crippen LogP contribution in [0, 0.1) is 0 Å². The van der Waals surface area contributed by atoms with Crippen LogP contribution in [-0.4, -0.2) is 11.0 Å². The first-order chi connectivity index (χ1) is 12.2. The van der Waals surface area contributed by atoms with Gasteiger partial charge in [-0.2, -0.15) is 0 Å². The average Bonchev–Trinajstić information content (AvgIpc) is 2.67. The maximum Gasteiger partial charge on any atom is 0.0727 e. The molecule has 0 saturated carbocycles. The summed E-state index contributed by atoms with van der Waals surface area (Å²) >= 11 is 0. The van der Waals surface area contributed by atoms with Gasteiger partial charge in [0, 0.05) is 17.3 Å². The predicted molar refractivity (Wildman–Crippen MR) is 104 cm³/mol. The number of pyridine rings is 1. The van der Waals surface area contributed by atoms with Crippen LogP contribution in [0.1, 0.15) is 36.2 Å². The summed E-state index contributed by atoms with van der Waals surface area (Å²) in [5.41, 5.74) is 13.1. The summed E-state index contributed by atoms with van der Waals surface area (Å²) in [6, 6.07) is 23.0. The molecule has 2 heterocycles. The quantitative estimate of drug-likeness (QED) is 0.741. The van der Waals surface area contributed by atoms with Gasteiger partial charge in [-0.1, -0.05) is 54.6 Å². The van der Waals surface area contributed by atoms with Crippen LogP contribution >= 0.6 is 0 Å². The summed E-state index contributed by atoms with van der Waals surface area (Å²) in [5, 5.41) is 3.64. The van der Waals surface area contributed by atoms with E-state index in [0.717, 1.165) is 28.9 Å². The van der Waals surface area contributed by atoms with Gasteiger partial charge in [0.15, 0.2) is 0 Å². The van der Waals surface area contributed by atoms with Gasteiger partial charge < -0.3 is 11.1 Å². The molecular weight excluding hydrogens is 306 g/mol. The van der Waals surface area contributed by atoms with Gasteiger partial charge in [-0.05, 0) is 43.0 Å². The summed E-state index contributed by atoms with van der Waals surface area (Å²) in [6.07, 6.45) is 2.28. The molecular formula is C22H23N3. The van der Waals surface area contributed by atoms with Crippen LogP contribution in [0.15, 0.2) is 66.7 Å². The Bertz CT molecular complexity index is 873. The van der Waals surface area contributed by atoms with Gasteiger partial charge in [0.2, 0.25) is 0 Å². The number of rotatable bonds is 3. The number of nitrogens with one attached hydrogen (secondary N) is 1. The number of aromatic nitrogens is 1. The van der Waals surface area contributed by atoms with Crippen molar-refractivity contribution in [2.24, 2.45) is 5.73 Å². The van der Waals surface area contributed by atoms with Crippen molar-refractivity contribution in [1.82, 2.24) is 4.98 Å². The maximum atomic E-state index is 6.45. The van der Waals surface area contributed by atoms with Crippen molar-refractivity contribution < 1.29 is 0 Å². The molecule has 2 atom stereocenters. The molecule has 0 aliphatic carbocycles. The molecule has 3 nitrogen and oxygen atoms in total. The molecule has 2 aromatic carbocycles. The Morgan fingerprint density at radius 1 is 1.00 bits per heavy atom. The molecule has 126 valence electrons. The number of aryl methyl sites for hydroxylation is 1. The molecule has 0 bridgehead atoms. The van der Waals surface area contributed by atoms with Crippen molar-refractivity contribution >= 4 is 5.69 Å². The van der Waals surface area contributed by atoms with Gasteiger partial charge in [0.25, 0.3) is 0 Å². The van der Waals surface area contributed by atoms with E-state index in [4.69, 9.17) is 10.7 Å². The fourth-order valence-electron chi connectivity index (χ4n) is 3.49. The molecule has 3 heteroatoms. The third-order valence-electron chi connectivity index (χ3n) is 4.91. The summed E-state index contributed by atoms with van der Waals surface area (Å²) in [6.45, 7) is 2.23. The minimum Gasteiger partial charge on any atom is -0.382 e.